The highest BCUT2D eigenvalue weighted by atomic mass is 16.2. The summed E-state index contributed by atoms with van der Waals surface area (Å²) in [6, 6.07) is -0.0519. The molecule has 0 spiro atoms. The van der Waals surface area contributed by atoms with Gasteiger partial charge in [-0.1, -0.05) is 6.92 Å². The zero-order chi connectivity index (χ0) is 12.1. The molecule has 1 atom stereocenters. The quantitative estimate of drug-likeness (QED) is 0.843. The van der Waals surface area contributed by atoms with Gasteiger partial charge in [0.1, 0.15) is 6.33 Å². The molecular weight excluding hydrogens is 216 g/mol. The van der Waals surface area contributed by atoms with Gasteiger partial charge < -0.3 is 10.2 Å². The third-order valence-corrected chi connectivity index (χ3v) is 2.94. The van der Waals surface area contributed by atoms with Gasteiger partial charge in [0.05, 0.1) is 24.1 Å². The molecule has 1 fully saturated rings. The van der Waals surface area contributed by atoms with Crippen LogP contribution in [0.2, 0.25) is 0 Å². The van der Waals surface area contributed by atoms with Gasteiger partial charge in [-0.25, -0.2) is 9.97 Å². The number of piperidine rings is 1. The Kier molecular flexibility index (Phi) is 4.03. The van der Waals surface area contributed by atoms with Crippen LogP contribution < -0.4 is 10.2 Å². The highest BCUT2D eigenvalue weighted by molar-refractivity contribution is 5.97. The van der Waals surface area contributed by atoms with Crippen molar-refractivity contribution >= 4 is 11.6 Å². The van der Waals surface area contributed by atoms with Crippen molar-refractivity contribution in [2.75, 3.05) is 18.0 Å². The molecule has 1 saturated heterocycles. The number of hydrogen-bond acceptors (Lipinski definition) is 4. The average Bonchev–Trinajstić information content (AvgIpc) is 2.39. The number of nitrogens with zero attached hydrogens (tertiary/aromatic N) is 3. The Hall–Kier alpha value is -1.49. The highest BCUT2D eigenvalue weighted by Gasteiger charge is 2.29. The second-order valence-corrected chi connectivity index (χ2v) is 4.24. The van der Waals surface area contributed by atoms with E-state index in [9.17, 15) is 4.79 Å². The summed E-state index contributed by atoms with van der Waals surface area (Å²) in [6.45, 7) is 3.75. The summed E-state index contributed by atoms with van der Waals surface area (Å²) in [5.41, 5.74) is 0.792. The van der Waals surface area contributed by atoms with E-state index in [1.807, 2.05) is 0 Å². The molecule has 1 amide bonds. The van der Waals surface area contributed by atoms with Gasteiger partial charge in [0.25, 0.3) is 0 Å². The van der Waals surface area contributed by atoms with Gasteiger partial charge in [-0.15, -0.1) is 0 Å². The van der Waals surface area contributed by atoms with E-state index < -0.39 is 0 Å². The van der Waals surface area contributed by atoms with Gasteiger partial charge >= 0.3 is 0 Å². The van der Waals surface area contributed by atoms with E-state index >= 15 is 0 Å². The van der Waals surface area contributed by atoms with Crippen molar-refractivity contribution in [1.29, 1.82) is 0 Å². The van der Waals surface area contributed by atoms with Crippen LogP contribution in [0.3, 0.4) is 0 Å². The first kappa shape index (κ1) is 12.0. The van der Waals surface area contributed by atoms with Crippen molar-refractivity contribution < 1.29 is 4.79 Å². The first-order valence-electron chi connectivity index (χ1n) is 6.12. The van der Waals surface area contributed by atoms with E-state index in [0.717, 1.165) is 38.0 Å². The smallest absolute Gasteiger partial charge is 0.244 e. The molecule has 5 heteroatoms. The number of aromatic nitrogens is 2. The molecule has 0 saturated carbocycles. The molecule has 1 aromatic rings. The van der Waals surface area contributed by atoms with Crippen LogP contribution in [0.15, 0.2) is 18.7 Å². The lowest BCUT2D eigenvalue weighted by atomic mass is 10.0. The molecule has 1 aliphatic heterocycles. The van der Waals surface area contributed by atoms with Gasteiger partial charge in [0, 0.05) is 6.54 Å². The second kappa shape index (κ2) is 5.72. The largest absolute Gasteiger partial charge is 0.308 e. The maximum absolute atomic E-state index is 12.2. The summed E-state index contributed by atoms with van der Waals surface area (Å²) in [7, 11) is 0. The number of carbonyl (C=O) groups excluding carboxylic acids is 1. The lowest BCUT2D eigenvalue weighted by Gasteiger charge is -2.32. The lowest BCUT2D eigenvalue weighted by molar-refractivity contribution is -0.121. The van der Waals surface area contributed by atoms with Crippen LogP contribution in [0.4, 0.5) is 5.69 Å². The van der Waals surface area contributed by atoms with E-state index in [-0.39, 0.29) is 11.9 Å². The molecule has 1 N–H and O–H groups in total. The van der Waals surface area contributed by atoms with Crippen LogP contribution in [-0.2, 0) is 4.79 Å². The average molecular weight is 234 g/mol. The monoisotopic (exact) mass is 234 g/mol. The molecule has 0 aromatic carbocycles. The fourth-order valence-electron chi connectivity index (χ4n) is 2.07. The van der Waals surface area contributed by atoms with Gasteiger partial charge in [-0.05, 0) is 25.8 Å². The van der Waals surface area contributed by atoms with Crippen molar-refractivity contribution in [2.24, 2.45) is 0 Å². The Bertz CT molecular complexity index is 368. The van der Waals surface area contributed by atoms with Crippen LogP contribution >= 0.6 is 0 Å². The van der Waals surface area contributed by atoms with Crippen molar-refractivity contribution in [3.8, 4) is 0 Å². The maximum Gasteiger partial charge on any atom is 0.244 e. The maximum atomic E-state index is 12.2. The van der Waals surface area contributed by atoms with Crippen LogP contribution in [-0.4, -0.2) is 35.0 Å². The zero-order valence-electron chi connectivity index (χ0n) is 10.1. The van der Waals surface area contributed by atoms with Crippen LogP contribution in [0, 0.1) is 0 Å². The highest BCUT2D eigenvalue weighted by Crippen LogP contribution is 2.19. The molecule has 2 rings (SSSR count). The first-order chi connectivity index (χ1) is 8.33. The minimum atomic E-state index is -0.0519. The molecule has 0 aliphatic carbocycles. The standard InChI is InChI=1S/C12H18N4O/c1-2-5-15-11-4-3-6-16(12(11)17)10-7-13-9-14-8-10/h7-9,11,15H,2-6H2,1H3. The predicted molar refractivity (Wildman–Crippen MR) is 65.7 cm³/mol. The Morgan fingerprint density at radius 1 is 1.47 bits per heavy atom. The van der Waals surface area contributed by atoms with Crippen LogP contribution in [0.5, 0.6) is 0 Å². The summed E-state index contributed by atoms with van der Waals surface area (Å²) in [5, 5.41) is 3.29. The van der Waals surface area contributed by atoms with Crippen molar-refractivity contribution in [3.05, 3.63) is 18.7 Å². The number of hydrogen-bond donors (Lipinski definition) is 1. The number of rotatable bonds is 4. The second-order valence-electron chi connectivity index (χ2n) is 4.24. The summed E-state index contributed by atoms with van der Waals surface area (Å²) < 4.78 is 0. The lowest BCUT2D eigenvalue weighted by Crippen LogP contribution is -2.51. The molecule has 1 aromatic heterocycles. The minimum absolute atomic E-state index is 0.0519. The third-order valence-electron chi connectivity index (χ3n) is 2.94. The number of anilines is 1. The molecule has 1 aliphatic rings. The predicted octanol–water partition coefficient (Wildman–Crippen LogP) is 0.972. The fraction of sp³-hybridized carbons (Fsp3) is 0.583. The van der Waals surface area contributed by atoms with Gasteiger partial charge in [0.2, 0.25) is 5.91 Å². The van der Waals surface area contributed by atoms with E-state index in [0.29, 0.717) is 0 Å². The Morgan fingerprint density at radius 3 is 2.94 bits per heavy atom. The molecule has 0 radical (unpaired) electrons. The molecule has 92 valence electrons. The molecule has 5 nitrogen and oxygen atoms in total. The number of nitrogens with one attached hydrogen (secondary N) is 1. The van der Waals surface area contributed by atoms with E-state index in [4.69, 9.17) is 0 Å². The first-order valence-corrected chi connectivity index (χ1v) is 6.12. The van der Waals surface area contributed by atoms with Crippen molar-refractivity contribution in [2.45, 2.75) is 32.2 Å². The minimum Gasteiger partial charge on any atom is -0.308 e. The summed E-state index contributed by atoms with van der Waals surface area (Å²) in [5.74, 6) is 0.138. The van der Waals surface area contributed by atoms with Crippen LogP contribution in [0.1, 0.15) is 26.2 Å². The summed E-state index contributed by atoms with van der Waals surface area (Å²) in [4.78, 5) is 21.9. The molecule has 0 bridgehead atoms. The number of amides is 1. The van der Waals surface area contributed by atoms with E-state index in [2.05, 4.69) is 22.2 Å². The summed E-state index contributed by atoms with van der Waals surface area (Å²) >= 11 is 0. The molecule has 17 heavy (non-hydrogen) atoms. The normalized spacial score (nSPS) is 20.6. The Balaban J connectivity index is 2.06. The Morgan fingerprint density at radius 2 is 2.24 bits per heavy atom. The van der Waals surface area contributed by atoms with Crippen molar-refractivity contribution in [1.82, 2.24) is 15.3 Å². The molecule has 1 unspecified atom stereocenters. The Labute approximate surface area is 101 Å². The van der Waals surface area contributed by atoms with Crippen LogP contribution in [0.25, 0.3) is 0 Å². The molecule has 2 heterocycles. The van der Waals surface area contributed by atoms with Gasteiger partial charge in [-0.2, -0.15) is 0 Å². The fourth-order valence-corrected chi connectivity index (χ4v) is 2.07. The van der Waals surface area contributed by atoms with Crippen molar-refractivity contribution in [3.63, 3.8) is 0 Å². The third kappa shape index (κ3) is 2.79. The van der Waals surface area contributed by atoms with E-state index in [1.165, 1.54) is 6.33 Å². The SMILES string of the molecule is CCCNC1CCCN(c2cncnc2)C1=O. The molecular formula is C12H18N4O. The van der Waals surface area contributed by atoms with Gasteiger partial charge in [-0.3, -0.25) is 4.79 Å². The summed E-state index contributed by atoms with van der Waals surface area (Å²) in [6.07, 6.45) is 7.83. The topological polar surface area (TPSA) is 58.1 Å². The number of carbonyl (C=O) groups is 1. The van der Waals surface area contributed by atoms with E-state index in [1.54, 1.807) is 17.3 Å². The zero-order valence-corrected chi connectivity index (χ0v) is 10.1. The van der Waals surface area contributed by atoms with Gasteiger partial charge in [0.15, 0.2) is 0 Å².